The highest BCUT2D eigenvalue weighted by atomic mass is 16.5. The molecular formula is C16H14O2. The molecule has 2 nitrogen and oxygen atoms in total. The molecule has 0 saturated carbocycles. The summed E-state index contributed by atoms with van der Waals surface area (Å²) in [7, 11) is 0. The average Bonchev–Trinajstić information content (AvgIpc) is 2.41. The van der Waals surface area contributed by atoms with E-state index in [2.05, 4.69) is 5.92 Å². The monoisotopic (exact) mass is 238 g/mol. The molecule has 0 aromatic heterocycles. The summed E-state index contributed by atoms with van der Waals surface area (Å²) in [6.07, 6.45) is 5.13. The molecule has 0 unspecified atom stereocenters. The van der Waals surface area contributed by atoms with Crippen molar-refractivity contribution in [3.8, 4) is 29.6 Å². The molecule has 0 aliphatic heterocycles. The van der Waals surface area contributed by atoms with Crippen molar-refractivity contribution in [2.45, 2.75) is 6.92 Å². The number of ether oxygens (including phenoxy) is 2. The van der Waals surface area contributed by atoms with Gasteiger partial charge in [-0.2, -0.15) is 0 Å². The number of hydrogen-bond acceptors (Lipinski definition) is 2. The molecule has 0 fully saturated rings. The second kappa shape index (κ2) is 5.79. The quantitative estimate of drug-likeness (QED) is 0.754. The van der Waals surface area contributed by atoms with E-state index in [9.17, 15) is 0 Å². The fourth-order valence-electron chi connectivity index (χ4n) is 1.53. The van der Waals surface area contributed by atoms with E-state index in [0.29, 0.717) is 0 Å². The predicted octanol–water partition coefficient (Wildman–Crippen LogP) is 3.80. The van der Waals surface area contributed by atoms with Crippen LogP contribution in [0.5, 0.6) is 17.2 Å². The van der Waals surface area contributed by atoms with Crippen molar-refractivity contribution in [3.63, 3.8) is 0 Å². The Morgan fingerprint density at radius 1 is 1.00 bits per heavy atom. The van der Waals surface area contributed by atoms with Crippen molar-refractivity contribution in [2.24, 2.45) is 0 Å². The van der Waals surface area contributed by atoms with Gasteiger partial charge in [-0.05, 0) is 42.8 Å². The van der Waals surface area contributed by atoms with Crippen LogP contribution in [0.25, 0.3) is 0 Å². The standard InChI is InChI=1S/C16H14O2/c1-3-12-17-14-8-10-15(11-9-14)18-16-7-5-4-6-13(16)2/h1,4-11H,12H2,2H3. The molecule has 2 aromatic rings. The molecule has 18 heavy (non-hydrogen) atoms. The lowest BCUT2D eigenvalue weighted by atomic mass is 10.2. The molecule has 0 saturated heterocycles. The maximum Gasteiger partial charge on any atom is 0.148 e. The van der Waals surface area contributed by atoms with Gasteiger partial charge in [0.2, 0.25) is 0 Å². The number of benzene rings is 2. The second-order valence-electron chi connectivity index (χ2n) is 3.83. The molecule has 0 aliphatic carbocycles. The molecule has 0 spiro atoms. The van der Waals surface area contributed by atoms with Crippen molar-refractivity contribution in [1.29, 1.82) is 0 Å². The van der Waals surface area contributed by atoms with E-state index in [1.165, 1.54) is 0 Å². The minimum Gasteiger partial charge on any atom is -0.481 e. The third-order valence-corrected chi connectivity index (χ3v) is 2.47. The highest BCUT2D eigenvalue weighted by molar-refractivity contribution is 5.38. The van der Waals surface area contributed by atoms with Crippen molar-refractivity contribution in [1.82, 2.24) is 0 Å². The Kier molecular flexibility index (Phi) is 3.88. The van der Waals surface area contributed by atoms with Crippen molar-refractivity contribution < 1.29 is 9.47 Å². The molecule has 0 aliphatic rings. The summed E-state index contributed by atoms with van der Waals surface area (Å²) in [5.41, 5.74) is 1.10. The predicted molar refractivity (Wildman–Crippen MR) is 72.0 cm³/mol. The smallest absolute Gasteiger partial charge is 0.148 e. The lowest BCUT2D eigenvalue weighted by Crippen LogP contribution is -1.93. The number of rotatable bonds is 4. The summed E-state index contributed by atoms with van der Waals surface area (Å²) in [4.78, 5) is 0. The van der Waals surface area contributed by atoms with Crippen LogP contribution in [-0.2, 0) is 0 Å². The number of para-hydroxylation sites is 1. The van der Waals surface area contributed by atoms with Gasteiger partial charge in [-0.3, -0.25) is 0 Å². The number of terminal acetylenes is 1. The molecule has 0 atom stereocenters. The Morgan fingerprint density at radius 3 is 2.33 bits per heavy atom. The SMILES string of the molecule is C#CCOc1ccc(Oc2ccccc2C)cc1. The van der Waals surface area contributed by atoms with Gasteiger partial charge < -0.3 is 9.47 Å². The average molecular weight is 238 g/mol. The van der Waals surface area contributed by atoms with E-state index in [0.717, 1.165) is 22.8 Å². The molecule has 2 aromatic carbocycles. The summed E-state index contributed by atoms with van der Waals surface area (Å²) >= 11 is 0. The van der Waals surface area contributed by atoms with Crippen LogP contribution < -0.4 is 9.47 Å². The normalized spacial score (nSPS) is 9.56. The summed E-state index contributed by atoms with van der Waals surface area (Å²) < 4.78 is 11.1. The first-order chi connectivity index (χ1) is 8.79. The van der Waals surface area contributed by atoms with Crippen molar-refractivity contribution >= 4 is 0 Å². The van der Waals surface area contributed by atoms with Gasteiger partial charge in [-0.1, -0.05) is 24.1 Å². The molecule has 0 N–H and O–H groups in total. The first kappa shape index (κ1) is 12.1. The fourth-order valence-corrected chi connectivity index (χ4v) is 1.53. The van der Waals surface area contributed by atoms with Gasteiger partial charge in [0.05, 0.1) is 0 Å². The first-order valence-electron chi connectivity index (χ1n) is 5.69. The molecule has 90 valence electrons. The highest BCUT2D eigenvalue weighted by Gasteiger charge is 2.00. The molecule has 2 rings (SSSR count). The van der Waals surface area contributed by atoms with Crippen LogP contribution in [0.3, 0.4) is 0 Å². The summed E-state index contributed by atoms with van der Waals surface area (Å²) in [5.74, 6) is 4.80. The zero-order chi connectivity index (χ0) is 12.8. The fraction of sp³-hybridized carbons (Fsp3) is 0.125. The zero-order valence-corrected chi connectivity index (χ0v) is 10.2. The Labute approximate surface area is 107 Å². The summed E-state index contributed by atoms with van der Waals surface area (Å²) in [6.45, 7) is 2.29. The largest absolute Gasteiger partial charge is 0.481 e. The molecule has 0 heterocycles. The van der Waals surface area contributed by atoms with Crippen molar-refractivity contribution in [2.75, 3.05) is 6.61 Å². The van der Waals surface area contributed by atoms with Crippen LogP contribution in [0.4, 0.5) is 0 Å². The number of aryl methyl sites for hydroxylation is 1. The lowest BCUT2D eigenvalue weighted by molar-refractivity contribution is 0.369. The minimum absolute atomic E-state index is 0.276. The van der Waals surface area contributed by atoms with E-state index in [1.807, 2.05) is 55.5 Å². The van der Waals surface area contributed by atoms with Gasteiger partial charge >= 0.3 is 0 Å². The van der Waals surface area contributed by atoms with Crippen molar-refractivity contribution in [3.05, 3.63) is 54.1 Å². The van der Waals surface area contributed by atoms with Crippen LogP contribution in [0.15, 0.2) is 48.5 Å². The van der Waals surface area contributed by atoms with E-state index < -0.39 is 0 Å². The van der Waals surface area contributed by atoms with Crippen LogP contribution >= 0.6 is 0 Å². The topological polar surface area (TPSA) is 18.5 Å². The first-order valence-corrected chi connectivity index (χ1v) is 5.69. The lowest BCUT2D eigenvalue weighted by Gasteiger charge is -2.09. The Bertz CT molecular complexity index is 550. The van der Waals surface area contributed by atoms with E-state index in [4.69, 9.17) is 15.9 Å². The van der Waals surface area contributed by atoms with Gasteiger partial charge in [0.25, 0.3) is 0 Å². The van der Waals surface area contributed by atoms with Gasteiger partial charge in [-0.25, -0.2) is 0 Å². The molecule has 0 amide bonds. The second-order valence-corrected chi connectivity index (χ2v) is 3.83. The van der Waals surface area contributed by atoms with Crippen LogP contribution in [-0.4, -0.2) is 6.61 Å². The maximum atomic E-state index is 5.77. The summed E-state index contributed by atoms with van der Waals surface area (Å²) in [5, 5.41) is 0. The van der Waals surface area contributed by atoms with Gasteiger partial charge in [0, 0.05) is 0 Å². The van der Waals surface area contributed by atoms with E-state index >= 15 is 0 Å². The Hall–Kier alpha value is -2.40. The third kappa shape index (κ3) is 3.05. The molecule has 0 radical (unpaired) electrons. The minimum atomic E-state index is 0.276. The maximum absolute atomic E-state index is 5.77. The van der Waals surface area contributed by atoms with E-state index in [1.54, 1.807) is 0 Å². The zero-order valence-electron chi connectivity index (χ0n) is 10.2. The Morgan fingerprint density at radius 2 is 1.67 bits per heavy atom. The molecular weight excluding hydrogens is 224 g/mol. The van der Waals surface area contributed by atoms with E-state index in [-0.39, 0.29) is 6.61 Å². The van der Waals surface area contributed by atoms with Crippen LogP contribution in [0.2, 0.25) is 0 Å². The van der Waals surface area contributed by atoms with Gasteiger partial charge in [0.1, 0.15) is 23.9 Å². The van der Waals surface area contributed by atoms with Crippen LogP contribution in [0, 0.1) is 19.3 Å². The molecule has 0 bridgehead atoms. The number of hydrogen-bond donors (Lipinski definition) is 0. The highest BCUT2D eigenvalue weighted by Crippen LogP contribution is 2.26. The van der Waals surface area contributed by atoms with Gasteiger partial charge in [0.15, 0.2) is 0 Å². The van der Waals surface area contributed by atoms with Crippen LogP contribution in [0.1, 0.15) is 5.56 Å². The summed E-state index contributed by atoms with van der Waals surface area (Å²) in [6, 6.07) is 15.3. The van der Waals surface area contributed by atoms with Gasteiger partial charge in [-0.15, -0.1) is 6.42 Å². The Balaban J connectivity index is 2.07. The third-order valence-electron chi connectivity index (χ3n) is 2.47. The molecule has 2 heteroatoms.